The maximum absolute atomic E-state index is 5.65. The van der Waals surface area contributed by atoms with Gasteiger partial charge < -0.3 is 15.2 Å². The van der Waals surface area contributed by atoms with E-state index in [4.69, 9.17) is 5.73 Å². The fraction of sp³-hybridized carbons (Fsp3) is 0.417. The predicted octanol–water partition coefficient (Wildman–Crippen LogP) is 1.45. The topological polar surface area (TPSA) is 47.1 Å². The molecule has 1 heterocycles. The number of imidazole rings is 1. The van der Waals surface area contributed by atoms with Crippen LogP contribution in [0.15, 0.2) is 24.3 Å². The van der Waals surface area contributed by atoms with Gasteiger partial charge in [-0.05, 0) is 19.1 Å². The molecule has 2 aromatic rings. The third kappa shape index (κ3) is 1.76. The van der Waals surface area contributed by atoms with Crippen molar-refractivity contribution < 1.29 is 0 Å². The number of rotatable bonds is 4. The number of anilines is 1. The maximum Gasteiger partial charge on any atom is 0.206 e. The first-order valence-corrected chi connectivity index (χ1v) is 5.64. The van der Waals surface area contributed by atoms with Gasteiger partial charge in [-0.25, -0.2) is 4.98 Å². The predicted molar refractivity (Wildman–Crippen MR) is 67.7 cm³/mol. The average molecular weight is 218 g/mol. The third-order valence-electron chi connectivity index (χ3n) is 2.80. The first kappa shape index (κ1) is 11.0. The van der Waals surface area contributed by atoms with Crippen LogP contribution in [-0.4, -0.2) is 29.7 Å². The van der Waals surface area contributed by atoms with E-state index in [9.17, 15) is 0 Å². The summed E-state index contributed by atoms with van der Waals surface area (Å²) in [5.74, 6) is 0.995. The molecular weight excluding hydrogens is 200 g/mol. The molecule has 0 unspecified atom stereocenters. The normalized spacial score (nSPS) is 10.9. The van der Waals surface area contributed by atoms with Crippen molar-refractivity contribution in [2.24, 2.45) is 5.73 Å². The number of nitrogens with two attached hydrogens (primary N) is 1. The van der Waals surface area contributed by atoms with Gasteiger partial charge in [-0.3, -0.25) is 0 Å². The van der Waals surface area contributed by atoms with Gasteiger partial charge in [-0.1, -0.05) is 12.1 Å². The van der Waals surface area contributed by atoms with Crippen LogP contribution >= 0.6 is 0 Å². The summed E-state index contributed by atoms with van der Waals surface area (Å²) in [6.45, 7) is 4.49. The largest absolute Gasteiger partial charge is 0.346 e. The van der Waals surface area contributed by atoms with Gasteiger partial charge in [0.2, 0.25) is 5.95 Å². The van der Waals surface area contributed by atoms with Gasteiger partial charge in [0.05, 0.1) is 11.0 Å². The van der Waals surface area contributed by atoms with E-state index < -0.39 is 0 Å². The van der Waals surface area contributed by atoms with E-state index in [2.05, 4.69) is 27.4 Å². The number of hydrogen-bond donors (Lipinski definition) is 1. The van der Waals surface area contributed by atoms with Crippen LogP contribution in [0, 0.1) is 0 Å². The number of nitrogens with zero attached hydrogens (tertiary/aromatic N) is 3. The molecule has 0 aliphatic heterocycles. The van der Waals surface area contributed by atoms with Crippen LogP contribution in [0.4, 0.5) is 5.95 Å². The Balaban J connectivity index is 2.58. The van der Waals surface area contributed by atoms with Crippen molar-refractivity contribution in [1.29, 1.82) is 0 Å². The molecule has 0 atom stereocenters. The highest BCUT2D eigenvalue weighted by molar-refractivity contribution is 5.78. The average Bonchev–Trinajstić information content (AvgIpc) is 2.68. The molecule has 0 radical (unpaired) electrons. The molecule has 0 aliphatic carbocycles. The zero-order valence-corrected chi connectivity index (χ0v) is 9.85. The number of aromatic nitrogens is 2. The van der Waals surface area contributed by atoms with Crippen LogP contribution < -0.4 is 10.6 Å². The molecule has 4 heteroatoms. The SMILES string of the molecule is CCN(C)c1nc2ccccc2n1CCN. The Hall–Kier alpha value is -1.55. The lowest BCUT2D eigenvalue weighted by Crippen LogP contribution is -2.22. The minimum atomic E-state index is 0.630. The lowest BCUT2D eigenvalue weighted by Gasteiger charge is -2.17. The Morgan fingerprint density at radius 1 is 1.38 bits per heavy atom. The standard InChI is InChI=1S/C12H18N4/c1-3-15(2)12-14-10-6-4-5-7-11(10)16(12)9-8-13/h4-7H,3,8-9,13H2,1-2H3. The molecule has 0 fully saturated rings. The van der Waals surface area contributed by atoms with E-state index in [0.29, 0.717) is 6.54 Å². The number of hydrogen-bond acceptors (Lipinski definition) is 3. The molecule has 4 nitrogen and oxygen atoms in total. The minimum absolute atomic E-state index is 0.630. The Morgan fingerprint density at radius 3 is 2.81 bits per heavy atom. The fourth-order valence-corrected chi connectivity index (χ4v) is 1.85. The summed E-state index contributed by atoms with van der Waals surface area (Å²) in [6, 6.07) is 8.17. The molecule has 1 aromatic heterocycles. The van der Waals surface area contributed by atoms with Gasteiger partial charge in [0.1, 0.15) is 0 Å². The van der Waals surface area contributed by atoms with E-state index >= 15 is 0 Å². The second-order valence-electron chi connectivity index (χ2n) is 3.86. The molecule has 0 bridgehead atoms. The first-order chi connectivity index (χ1) is 7.77. The van der Waals surface area contributed by atoms with Crippen LogP contribution in [-0.2, 0) is 6.54 Å². The van der Waals surface area contributed by atoms with Crippen molar-refractivity contribution in [3.63, 3.8) is 0 Å². The van der Waals surface area contributed by atoms with Gasteiger partial charge in [0.15, 0.2) is 0 Å². The lowest BCUT2D eigenvalue weighted by molar-refractivity contribution is 0.709. The van der Waals surface area contributed by atoms with Crippen LogP contribution in [0.3, 0.4) is 0 Å². The Bertz CT molecular complexity index is 475. The molecule has 2 rings (SSSR count). The summed E-state index contributed by atoms with van der Waals surface area (Å²) in [4.78, 5) is 6.77. The van der Waals surface area contributed by atoms with E-state index in [1.807, 2.05) is 25.2 Å². The van der Waals surface area contributed by atoms with Gasteiger partial charge in [-0.2, -0.15) is 0 Å². The molecular formula is C12H18N4. The van der Waals surface area contributed by atoms with Gasteiger partial charge in [0, 0.05) is 26.7 Å². The zero-order chi connectivity index (χ0) is 11.5. The maximum atomic E-state index is 5.65. The highest BCUT2D eigenvalue weighted by atomic mass is 15.3. The van der Waals surface area contributed by atoms with Crippen LogP contribution in [0.1, 0.15) is 6.92 Å². The lowest BCUT2D eigenvalue weighted by atomic mass is 10.3. The summed E-state index contributed by atoms with van der Waals surface area (Å²) < 4.78 is 2.18. The molecule has 0 aliphatic rings. The van der Waals surface area contributed by atoms with Crippen molar-refractivity contribution in [2.45, 2.75) is 13.5 Å². The van der Waals surface area contributed by atoms with Crippen LogP contribution in [0.5, 0.6) is 0 Å². The Morgan fingerprint density at radius 2 is 2.12 bits per heavy atom. The molecule has 1 aromatic carbocycles. The summed E-state index contributed by atoms with van der Waals surface area (Å²) in [7, 11) is 2.05. The number of fused-ring (bicyclic) bond motifs is 1. The molecule has 16 heavy (non-hydrogen) atoms. The van der Waals surface area contributed by atoms with Crippen molar-refractivity contribution >= 4 is 17.0 Å². The van der Waals surface area contributed by atoms with E-state index in [0.717, 1.165) is 30.1 Å². The highest BCUT2D eigenvalue weighted by Gasteiger charge is 2.11. The number of para-hydroxylation sites is 2. The van der Waals surface area contributed by atoms with Gasteiger partial charge in [0.25, 0.3) is 0 Å². The summed E-state index contributed by atoms with van der Waals surface area (Å²) in [5, 5.41) is 0. The van der Waals surface area contributed by atoms with Crippen molar-refractivity contribution in [3.8, 4) is 0 Å². The van der Waals surface area contributed by atoms with E-state index in [1.54, 1.807) is 0 Å². The van der Waals surface area contributed by atoms with E-state index in [1.165, 1.54) is 0 Å². The number of benzene rings is 1. The van der Waals surface area contributed by atoms with Crippen LogP contribution in [0.2, 0.25) is 0 Å². The smallest absolute Gasteiger partial charge is 0.206 e. The van der Waals surface area contributed by atoms with Gasteiger partial charge in [-0.15, -0.1) is 0 Å². The van der Waals surface area contributed by atoms with Gasteiger partial charge >= 0.3 is 0 Å². The molecule has 0 saturated heterocycles. The fourth-order valence-electron chi connectivity index (χ4n) is 1.85. The summed E-state index contributed by atoms with van der Waals surface area (Å²) in [6.07, 6.45) is 0. The minimum Gasteiger partial charge on any atom is -0.346 e. The summed E-state index contributed by atoms with van der Waals surface area (Å²) in [5.41, 5.74) is 7.84. The monoisotopic (exact) mass is 218 g/mol. The van der Waals surface area contributed by atoms with Crippen LogP contribution in [0.25, 0.3) is 11.0 Å². The first-order valence-electron chi connectivity index (χ1n) is 5.64. The molecule has 0 spiro atoms. The highest BCUT2D eigenvalue weighted by Crippen LogP contribution is 2.21. The third-order valence-corrected chi connectivity index (χ3v) is 2.80. The van der Waals surface area contributed by atoms with Crippen molar-refractivity contribution in [2.75, 3.05) is 25.0 Å². The van der Waals surface area contributed by atoms with Crippen molar-refractivity contribution in [3.05, 3.63) is 24.3 Å². The van der Waals surface area contributed by atoms with Crippen molar-refractivity contribution in [1.82, 2.24) is 9.55 Å². The quantitative estimate of drug-likeness (QED) is 0.845. The molecule has 2 N–H and O–H groups in total. The second kappa shape index (κ2) is 4.53. The van der Waals surface area contributed by atoms with E-state index in [-0.39, 0.29) is 0 Å². The molecule has 0 saturated carbocycles. The Labute approximate surface area is 95.7 Å². The second-order valence-corrected chi connectivity index (χ2v) is 3.86. The zero-order valence-electron chi connectivity index (χ0n) is 9.85. The summed E-state index contributed by atoms with van der Waals surface area (Å²) >= 11 is 0. The Kier molecular flexibility index (Phi) is 3.10. The molecule has 0 amide bonds. The molecule has 86 valence electrons.